The number of anilines is 2. The third kappa shape index (κ3) is 4.00. The molecule has 0 radical (unpaired) electrons. The van der Waals surface area contributed by atoms with E-state index in [2.05, 4.69) is 10.6 Å². The molecule has 5 nitrogen and oxygen atoms in total. The second-order valence-electron chi connectivity index (χ2n) is 6.21. The van der Waals surface area contributed by atoms with Crippen LogP contribution in [-0.2, 0) is 4.79 Å². The number of hydrogen-bond acceptors (Lipinski definition) is 3. The number of carbonyl (C=O) groups is 2. The third-order valence-electron chi connectivity index (χ3n) is 4.05. The van der Waals surface area contributed by atoms with Crippen molar-refractivity contribution in [3.63, 3.8) is 0 Å². The van der Waals surface area contributed by atoms with Crippen LogP contribution in [-0.4, -0.2) is 37.4 Å². The second-order valence-corrected chi connectivity index (χ2v) is 6.21. The molecule has 0 aliphatic rings. The zero-order valence-electron chi connectivity index (χ0n) is 14.8. The van der Waals surface area contributed by atoms with Crippen molar-refractivity contribution in [2.45, 2.75) is 0 Å². The highest BCUT2D eigenvalue weighted by Gasteiger charge is 2.08. The molecule has 5 heteroatoms. The first-order chi connectivity index (χ1) is 12.5. The van der Waals surface area contributed by atoms with Gasteiger partial charge in [-0.2, -0.15) is 0 Å². The van der Waals surface area contributed by atoms with Gasteiger partial charge in [0.05, 0.1) is 6.54 Å². The van der Waals surface area contributed by atoms with E-state index in [1.807, 2.05) is 42.5 Å². The standard InChI is InChI=1S/C21H21N3O2/c1-24(2)21(26)16-10-12-17(13-11-16)22-14-20(25)23-19-9-5-7-15-6-3-4-8-18(15)19/h3-13,22H,14H2,1-2H3,(H,23,25). The molecular formula is C21H21N3O2. The summed E-state index contributed by atoms with van der Waals surface area (Å²) in [4.78, 5) is 25.7. The number of amides is 2. The Bertz CT molecular complexity index is 928. The molecular weight excluding hydrogens is 326 g/mol. The molecule has 26 heavy (non-hydrogen) atoms. The summed E-state index contributed by atoms with van der Waals surface area (Å²) in [6.45, 7) is 0.143. The van der Waals surface area contributed by atoms with Crippen LogP contribution in [0, 0.1) is 0 Å². The lowest BCUT2D eigenvalue weighted by atomic mass is 10.1. The molecule has 3 rings (SSSR count). The van der Waals surface area contributed by atoms with Gasteiger partial charge in [0.1, 0.15) is 0 Å². The summed E-state index contributed by atoms with van der Waals surface area (Å²) in [5.41, 5.74) is 2.19. The number of rotatable bonds is 5. The third-order valence-corrected chi connectivity index (χ3v) is 4.05. The van der Waals surface area contributed by atoms with Gasteiger partial charge in [0.2, 0.25) is 5.91 Å². The highest BCUT2D eigenvalue weighted by atomic mass is 16.2. The lowest BCUT2D eigenvalue weighted by Crippen LogP contribution is -2.22. The van der Waals surface area contributed by atoms with Crippen LogP contribution < -0.4 is 10.6 Å². The lowest BCUT2D eigenvalue weighted by Gasteiger charge is -2.12. The maximum atomic E-state index is 12.3. The second kappa shape index (κ2) is 7.70. The Labute approximate surface area is 152 Å². The summed E-state index contributed by atoms with van der Waals surface area (Å²) in [7, 11) is 3.43. The lowest BCUT2D eigenvalue weighted by molar-refractivity contribution is -0.114. The molecule has 0 fully saturated rings. The Hall–Kier alpha value is -3.34. The fourth-order valence-electron chi connectivity index (χ4n) is 2.70. The molecule has 0 saturated heterocycles. The van der Waals surface area contributed by atoms with Crippen molar-refractivity contribution in [3.8, 4) is 0 Å². The highest BCUT2D eigenvalue weighted by Crippen LogP contribution is 2.22. The number of hydrogen-bond donors (Lipinski definition) is 2. The molecule has 3 aromatic rings. The van der Waals surface area contributed by atoms with Crippen LogP contribution in [0.25, 0.3) is 10.8 Å². The average Bonchev–Trinajstić information content (AvgIpc) is 2.66. The molecule has 0 aromatic heterocycles. The average molecular weight is 347 g/mol. The fourth-order valence-corrected chi connectivity index (χ4v) is 2.70. The first kappa shape index (κ1) is 17.5. The van der Waals surface area contributed by atoms with Gasteiger partial charge in [-0.05, 0) is 35.7 Å². The predicted molar refractivity (Wildman–Crippen MR) is 106 cm³/mol. The van der Waals surface area contributed by atoms with E-state index in [1.54, 1.807) is 38.4 Å². The molecule has 0 aliphatic heterocycles. The van der Waals surface area contributed by atoms with Gasteiger partial charge in [-0.1, -0.05) is 36.4 Å². The summed E-state index contributed by atoms with van der Waals surface area (Å²) in [6.07, 6.45) is 0. The molecule has 0 heterocycles. The predicted octanol–water partition coefficient (Wildman–Crippen LogP) is 3.59. The minimum atomic E-state index is -0.130. The molecule has 132 valence electrons. The van der Waals surface area contributed by atoms with Crippen LogP contribution >= 0.6 is 0 Å². The normalized spacial score (nSPS) is 10.4. The number of carbonyl (C=O) groups excluding carboxylic acids is 2. The SMILES string of the molecule is CN(C)C(=O)c1ccc(NCC(=O)Nc2cccc3ccccc23)cc1. The minimum absolute atomic E-state index is 0.0507. The van der Waals surface area contributed by atoms with Gasteiger partial charge in [0.15, 0.2) is 0 Å². The van der Waals surface area contributed by atoms with Gasteiger partial charge in [-0.25, -0.2) is 0 Å². The largest absolute Gasteiger partial charge is 0.376 e. The maximum Gasteiger partial charge on any atom is 0.253 e. The van der Waals surface area contributed by atoms with Crippen LogP contribution in [0.15, 0.2) is 66.7 Å². The van der Waals surface area contributed by atoms with Crippen LogP contribution in [0.5, 0.6) is 0 Å². The fraction of sp³-hybridized carbons (Fsp3) is 0.143. The summed E-state index contributed by atoms with van der Waals surface area (Å²) in [5.74, 6) is -0.181. The van der Waals surface area contributed by atoms with Crippen molar-refractivity contribution in [1.82, 2.24) is 4.90 Å². The van der Waals surface area contributed by atoms with E-state index in [9.17, 15) is 9.59 Å². The molecule has 0 atom stereocenters. The Balaban J connectivity index is 1.61. The van der Waals surface area contributed by atoms with Crippen molar-refractivity contribution in [2.24, 2.45) is 0 Å². The van der Waals surface area contributed by atoms with E-state index < -0.39 is 0 Å². The maximum absolute atomic E-state index is 12.3. The minimum Gasteiger partial charge on any atom is -0.376 e. The van der Waals surface area contributed by atoms with Gasteiger partial charge in [-0.15, -0.1) is 0 Å². The van der Waals surface area contributed by atoms with E-state index in [0.717, 1.165) is 22.1 Å². The summed E-state index contributed by atoms with van der Waals surface area (Å²) in [6, 6.07) is 20.8. The summed E-state index contributed by atoms with van der Waals surface area (Å²) >= 11 is 0. The zero-order valence-corrected chi connectivity index (χ0v) is 14.8. The van der Waals surface area contributed by atoms with Gasteiger partial charge in [-0.3, -0.25) is 9.59 Å². The molecule has 2 amide bonds. The Morgan fingerprint density at radius 1 is 0.885 bits per heavy atom. The Kier molecular flexibility index (Phi) is 5.17. The van der Waals surface area contributed by atoms with Crippen molar-refractivity contribution in [3.05, 3.63) is 72.3 Å². The Morgan fingerprint density at radius 2 is 1.58 bits per heavy atom. The summed E-state index contributed by atoms with van der Waals surface area (Å²) in [5, 5.41) is 8.10. The molecule has 2 N–H and O–H groups in total. The van der Waals surface area contributed by atoms with Gasteiger partial charge >= 0.3 is 0 Å². The van der Waals surface area contributed by atoms with E-state index in [4.69, 9.17) is 0 Å². The molecule has 0 aliphatic carbocycles. The number of fused-ring (bicyclic) bond motifs is 1. The van der Waals surface area contributed by atoms with Crippen molar-refractivity contribution >= 4 is 34.0 Å². The highest BCUT2D eigenvalue weighted by molar-refractivity contribution is 6.03. The first-order valence-electron chi connectivity index (χ1n) is 8.38. The molecule has 0 saturated carbocycles. The van der Waals surface area contributed by atoms with Crippen molar-refractivity contribution in [1.29, 1.82) is 0 Å². The number of nitrogens with zero attached hydrogens (tertiary/aromatic N) is 1. The van der Waals surface area contributed by atoms with E-state index >= 15 is 0 Å². The topological polar surface area (TPSA) is 61.4 Å². The van der Waals surface area contributed by atoms with Crippen molar-refractivity contribution < 1.29 is 9.59 Å². The van der Waals surface area contributed by atoms with E-state index in [-0.39, 0.29) is 18.4 Å². The van der Waals surface area contributed by atoms with Gasteiger partial charge in [0.25, 0.3) is 5.91 Å². The van der Waals surface area contributed by atoms with Crippen molar-refractivity contribution in [2.75, 3.05) is 31.3 Å². The van der Waals surface area contributed by atoms with E-state index in [1.165, 1.54) is 4.90 Å². The monoisotopic (exact) mass is 347 g/mol. The van der Waals surface area contributed by atoms with Gasteiger partial charge in [0, 0.05) is 36.4 Å². The smallest absolute Gasteiger partial charge is 0.253 e. The zero-order chi connectivity index (χ0) is 18.5. The number of nitrogens with one attached hydrogen (secondary N) is 2. The molecule has 0 spiro atoms. The van der Waals surface area contributed by atoms with Gasteiger partial charge < -0.3 is 15.5 Å². The van der Waals surface area contributed by atoms with Crippen LogP contribution in [0.1, 0.15) is 10.4 Å². The quantitative estimate of drug-likeness (QED) is 0.741. The number of benzene rings is 3. The molecule has 3 aromatic carbocycles. The van der Waals surface area contributed by atoms with Crippen LogP contribution in [0.4, 0.5) is 11.4 Å². The molecule has 0 bridgehead atoms. The van der Waals surface area contributed by atoms with Crippen LogP contribution in [0.3, 0.4) is 0 Å². The first-order valence-corrected chi connectivity index (χ1v) is 8.38. The summed E-state index contributed by atoms with van der Waals surface area (Å²) < 4.78 is 0. The van der Waals surface area contributed by atoms with E-state index in [0.29, 0.717) is 5.56 Å². The van der Waals surface area contributed by atoms with Crippen LogP contribution in [0.2, 0.25) is 0 Å². The molecule has 0 unspecified atom stereocenters. The Morgan fingerprint density at radius 3 is 2.31 bits per heavy atom.